The van der Waals surface area contributed by atoms with Gasteiger partial charge in [-0.15, -0.1) is 23.1 Å². The highest BCUT2D eigenvalue weighted by Crippen LogP contribution is 2.20. The van der Waals surface area contributed by atoms with Crippen LogP contribution in [0.25, 0.3) is 0 Å². The van der Waals surface area contributed by atoms with E-state index in [-0.39, 0.29) is 5.91 Å². The molecule has 0 spiro atoms. The van der Waals surface area contributed by atoms with Gasteiger partial charge in [0.15, 0.2) is 0 Å². The first-order valence-electron chi connectivity index (χ1n) is 6.19. The van der Waals surface area contributed by atoms with Crippen molar-refractivity contribution in [3.05, 3.63) is 46.3 Å². The summed E-state index contributed by atoms with van der Waals surface area (Å²) in [6, 6.07) is 7.63. The van der Waals surface area contributed by atoms with Crippen molar-refractivity contribution in [1.82, 2.24) is 10.3 Å². The number of thiophene rings is 1. The van der Waals surface area contributed by atoms with E-state index >= 15 is 0 Å². The number of nitrogens with one attached hydrogen (secondary N) is 1. The molecule has 0 aliphatic heterocycles. The summed E-state index contributed by atoms with van der Waals surface area (Å²) in [6.45, 7) is 2.69. The van der Waals surface area contributed by atoms with E-state index in [0.717, 1.165) is 22.1 Å². The lowest BCUT2D eigenvalue weighted by Crippen LogP contribution is -2.23. The Morgan fingerprint density at radius 1 is 1.42 bits per heavy atom. The van der Waals surface area contributed by atoms with Crippen molar-refractivity contribution >= 4 is 29.0 Å². The maximum absolute atomic E-state index is 12.2. The lowest BCUT2D eigenvalue weighted by atomic mass is 10.2. The van der Waals surface area contributed by atoms with Crippen LogP contribution in [0, 0.1) is 0 Å². The Hall–Kier alpha value is -1.33. The van der Waals surface area contributed by atoms with Crippen LogP contribution in [0.2, 0.25) is 0 Å². The summed E-state index contributed by atoms with van der Waals surface area (Å²) in [6.07, 6.45) is 2.80. The van der Waals surface area contributed by atoms with Gasteiger partial charge < -0.3 is 5.32 Å². The van der Waals surface area contributed by atoms with E-state index in [2.05, 4.69) is 17.2 Å². The molecule has 0 atom stereocenters. The molecule has 2 aromatic heterocycles. The van der Waals surface area contributed by atoms with Crippen molar-refractivity contribution in [3.8, 4) is 0 Å². The molecule has 2 heterocycles. The van der Waals surface area contributed by atoms with Gasteiger partial charge in [0, 0.05) is 11.1 Å². The van der Waals surface area contributed by atoms with Gasteiger partial charge in [-0.05, 0) is 35.8 Å². The molecule has 1 N–H and O–H groups in total. The van der Waals surface area contributed by atoms with Crippen molar-refractivity contribution in [2.24, 2.45) is 0 Å². The first-order chi connectivity index (χ1) is 9.31. The molecule has 0 radical (unpaired) electrons. The molecular formula is C14H16N2OS2. The van der Waals surface area contributed by atoms with Gasteiger partial charge in [-0.2, -0.15) is 0 Å². The molecule has 3 nitrogen and oxygen atoms in total. The zero-order valence-electron chi connectivity index (χ0n) is 10.8. The Morgan fingerprint density at radius 3 is 3.05 bits per heavy atom. The first-order valence-corrected chi connectivity index (χ1v) is 8.06. The molecule has 2 rings (SSSR count). The van der Waals surface area contributed by atoms with E-state index in [0.29, 0.717) is 12.1 Å². The standard InChI is InChI=1S/C14H16N2OS2/c1-2-8-19-14-12(6-3-7-15-14)13(17)16-10-11-5-4-9-18-11/h3-7,9H,2,8,10H2,1H3,(H,16,17). The molecule has 0 aromatic carbocycles. The smallest absolute Gasteiger partial charge is 0.254 e. The number of aromatic nitrogens is 1. The molecule has 0 aliphatic carbocycles. The van der Waals surface area contributed by atoms with Crippen LogP contribution in [0.3, 0.4) is 0 Å². The number of carbonyl (C=O) groups is 1. The molecule has 0 bridgehead atoms. The van der Waals surface area contributed by atoms with Crippen LogP contribution in [0.5, 0.6) is 0 Å². The fraction of sp³-hybridized carbons (Fsp3) is 0.286. The Balaban J connectivity index is 2.01. The minimum absolute atomic E-state index is 0.0555. The molecule has 1 amide bonds. The van der Waals surface area contributed by atoms with Crippen LogP contribution >= 0.6 is 23.1 Å². The van der Waals surface area contributed by atoms with Crippen LogP contribution in [0.1, 0.15) is 28.6 Å². The maximum atomic E-state index is 12.2. The lowest BCUT2D eigenvalue weighted by Gasteiger charge is -2.07. The SMILES string of the molecule is CCCSc1ncccc1C(=O)NCc1cccs1. The van der Waals surface area contributed by atoms with Crippen LogP contribution in [0.15, 0.2) is 40.9 Å². The second-order valence-corrected chi connectivity index (χ2v) is 6.08. The quantitative estimate of drug-likeness (QED) is 0.828. The minimum Gasteiger partial charge on any atom is -0.347 e. The summed E-state index contributed by atoms with van der Waals surface area (Å²) in [7, 11) is 0. The van der Waals surface area contributed by atoms with Crippen molar-refractivity contribution in [1.29, 1.82) is 0 Å². The first kappa shape index (κ1) is 14.1. The number of hydrogen-bond acceptors (Lipinski definition) is 4. The lowest BCUT2D eigenvalue weighted by molar-refractivity contribution is 0.0947. The summed E-state index contributed by atoms with van der Waals surface area (Å²) in [5.41, 5.74) is 0.664. The fourth-order valence-corrected chi connectivity index (χ4v) is 3.05. The van der Waals surface area contributed by atoms with Crippen molar-refractivity contribution in [2.75, 3.05) is 5.75 Å². The molecule has 0 saturated heterocycles. The van der Waals surface area contributed by atoms with Crippen LogP contribution < -0.4 is 5.32 Å². The zero-order valence-corrected chi connectivity index (χ0v) is 12.4. The summed E-state index contributed by atoms with van der Waals surface area (Å²) >= 11 is 3.27. The molecule has 0 unspecified atom stereocenters. The van der Waals surface area contributed by atoms with Gasteiger partial charge in [0.05, 0.1) is 12.1 Å². The van der Waals surface area contributed by atoms with Crippen molar-refractivity contribution < 1.29 is 4.79 Å². The van der Waals surface area contributed by atoms with Crippen molar-refractivity contribution in [3.63, 3.8) is 0 Å². The van der Waals surface area contributed by atoms with E-state index in [9.17, 15) is 4.79 Å². The number of nitrogens with zero attached hydrogens (tertiary/aromatic N) is 1. The third kappa shape index (κ3) is 4.08. The van der Waals surface area contributed by atoms with Gasteiger partial charge in [0.1, 0.15) is 5.03 Å². The van der Waals surface area contributed by atoms with E-state index in [1.54, 1.807) is 35.4 Å². The number of thioether (sulfide) groups is 1. The number of carbonyl (C=O) groups excluding carboxylic acids is 1. The van der Waals surface area contributed by atoms with Gasteiger partial charge in [0.2, 0.25) is 0 Å². The second kappa shape index (κ2) is 7.31. The Labute approximate surface area is 121 Å². The second-order valence-electron chi connectivity index (χ2n) is 3.97. The predicted octanol–water partition coefficient (Wildman–Crippen LogP) is 3.58. The summed E-state index contributed by atoms with van der Waals surface area (Å²) in [4.78, 5) is 17.6. The normalized spacial score (nSPS) is 10.4. The molecular weight excluding hydrogens is 276 g/mol. The largest absolute Gasteiger partial charge is 0.347 e. The van der Waals surface area contributed by atoms with Crippen molar-refractivity contribution in [2.45, 2.75) is 24.9 Å². The topological polar surface area (TPSA) is 42.0 Å². The summed E-state index contributed by atoms with van der Waals surface area (Å²) in [5.74, 6) is 0.919. The molecule has 19 heavy (non-hydrogen) atoms. The van der Waals surface area contributed by atoms with Gasteiger partial charge in [0.25, 0.3) is 5.91 Å². The molecule has 2 aromatic rings. The molecule has 0 saturated carbocycles. The number of hydrogen-bond donors (Lipinski definition) is 1. The van der Waals surface area contributed by atoms with Gasteiger partial charge >= 0.3 is 0 Å². The Morgan fingerprint density at radius 2 is 2.32 bits per heavy atom. The number of amides is 1. The molecule has 5 heteroatoms. The zero-order chi connectivity index (χ0) is 13.5. The monoisotopic (exact) mass is 292 g/mol. The Kier molecular flexibility index (Phi) is 5.42. The van der Waals surface area contributed by atoms with Gasteiger partial charge in [-0.25, -0.2) is 4.98 Å². The van der Waals surface area contributed by atoms with E-state index in [4.69, 9.17) is 0 Å². The van der Waals surface area contributed by atoms with Crippen LogP contribution in [0.4, 0.5) is 0 Å². The van der Waals surface area contributed by atoms with Gasteiger partial charge in [-0.1, -0.05) is 13.0 Å². The Bertz CT molecular complexity index is 526. The average Bonchev–Trinajstić information content (AvgIpc) is 2.96. The highest BCUT2D eigenvalue weighted by molar-refractivity contribution is 7.99. The minimum atomic E-state index is -0.0555. The van der Waals surface area contributed by atoms with Crippen LogP contribution in [-0.2, 0) is 6.54 Å². The summed E-state index contributed by atoms with van der Waals surface area (Å²) in [5, 5.41) is 5.76. The molecule has 0 fully saturated rings. The number of pyridine rings is 1. The maximum Gasteiger partial charge on any atom is 0.254 e. The highest BCUT2D eigenvalue weighted by atomic mass is 32.2. The number of rotatable bonds is 6. The molecule has 100 valence electrons. The fourth-order valence-electron chi connectivity index (χ4n) is 1.55. The van der Waals surface area contributed by atoms with E-state index in [1.165, 1.54) is 0 Å². The molecule has 0 aliphatic rings. The predicted molar refractivity (Wildman–Crippen MR) is 80.7 cm³/mol. The average molecular weight is 292 g/mol. The third-order valence-corrected chi connectivity index (χ3v) is 4.55. The highest BCUT2D eigenvalue weighted by Gasteiger charge is 2.12. The summed E-state index contributed by atoms with van der Waals surface area (Å²) < 4.78 is 0. The third-order valence-electron chi connectivity index (χ3n) is 2.46. The van der Waals surface area contributed by atoms with Crippen LogP contribution in [-0.4, -0.2) is 16.6 Å². The van der Waals surface area contributed by atoms with E-state index in [1.807, 2.05) is 23.6 Å². The van der Waals surface area contributed by atoms with Gasteiger partial charge in [-0.3, -0.25) is 4.79 Å². The van der Waals surface area contributed by atoms with E-state index < -0.39 is 0 Å².